The standard InChI is InChI=1S/C36H23NS/c1-2-13-26(14-3-1)37(31-18-10-20-34-36(31)30-17-8-9-19-33(30)38-34)32-23-25-12-5-7-16-28(25)35-27-15-6-4-11-24(27)21-22-29(32)35/h1-23H. The van der Waals surface area contributed by atoms with Crippen LogP contribution in [0.2, 0.25) is 0 Å². The van der Waals surface area contributed by atoms with Gasteiger partial charge in [0.05, 0.1) is 11.4 Å². The molecule has 0 N–H and O–H groups in total. The summed E-state index contributed by atoms with van der Waals surface area (Å²) in [6, 6.07) is 50.7. The Morgan fingerprint density at radius 3 is 1.89 bits per heavy atom. The minimum absolute atomic E-state index is 1.15. The third kappa shape index (κ3) is 3.17. The molecule has 0 saturated carbocycles. The van der Waals surface area contributed by atoms with Gasteiger partial charge >= 0.3 is 0 Å². The largest absolute Gasteiger partial charge is 0.309 e. The molecule has 0 aliphatic carbocycles. The summed E-state index contributed by atoms with van der Waals surface area (Å²) in [6.07, 6.45) is 0. The van der Waals surface area contributed by atoms with Crippen molar-refractivity contribution in [3.8, 4) is 0 Å². The summed E-state index contributed by atoms with van der Waals surface area (Å²) >= 11 is 1.87. The number of rotatable bonds is 3. The van der Waals surface area contributed by atoms with Gasteiger partial charge in [0.25, 0.3) is 0 Å². The number of benzene rings is 7. The Bertz CT molecular complexity index is 2120. The lowest BCUT2D eigenvalue weighted by Crippen LogP contribution is -2.11. The van der Waals surface area contributed by atoms with E-state index in [2.05, 4.69) is 144 Å². The van der Waals surface area contributed by atoms with Crippen molar-refractivity contribution in [2.45, 2.75) is 0 Å². The van der Waals surface area contributed by atoms with Crippen LogP contribution < -0.4 is 4.90 Å². The molecule has 0 radical (unpaired) electrons. The van der Waals surface area contributed by atoms with Crippen molar-refractivity contribution >= 4 is 80.9 Å². The fourth-order valence-electron chi connectivity index (χ4n) is 5.96. The highest BCUT2D eigenvalue weighted by Gasteiger charge is 2.21. The van der Waals surface area contributed by atoms with Crippen molar-refractivity contribution in [1.29, 1.82) is 0 Å². The maximum Gasteiger partial charge on any atom is 0.0555 e. The average Bonchev–Trinajstić information content (AvgIpc) is 3.37. The summed E-state index contributed by atoms with van der Waals surface area (Å²) in [6.45, 7) is 0. The van der Waals surface area contributed by atoms with Crippen LogP contribution in [0, 0.1) is 0 Å². The number of hydrogen-bond acceptors (Lipinski definition) is 2. The Balaban J connectivity index is 1.56. The van der Waals surface area contributed by atoms with Crippen molar-refractivity contribution in [2.24, 2.45) is 0 Å². The molecule has 8 rings (SSSR count). The number of anilines is 3. The summed E-state index contributed by atoms with van der Waals surface area (Å²) in [7, 11) is 0. The zero-order valence-corrected chi connectivity index (χ0v) is 21.5. The van der Waals surface area contributed by atoms with Gasteiger partial charge in [-0.1, -0.05) is 103 Å². The van der Waals surface area contributed by atoms with E-state index < -0.39 is 0 Å². The van der Waals surface area contributed by atoms with Crippen LogP contribution in [0.25, 0.3) is 52.5 Å². The van der Waals surface area contributed by atoms with E-state index in [1.165, 1.54) is 63.9 Å². The molecular formula is C36H23NS. The van der Waals surface area contributed by atoms with Crippen molar-refractivity contribution in [3.63, 3.8) is 0 Å². The fraction of sp³-hybridized carbons (Fsp3) is 0. The molecule has 0 aliphatic rings. The molecule has 0 atom stereocenters. The van der Waals surface area contributed by atoms with Gasteiger partial charge in [-0.25, -0.2) is 0 Å². The zero-order chi connectivity index (χ0) is 25.1. The lowest BCUT2D eigenvalue weighted by atomic mass is 9.94. The van der Waals surface area contributed by atoms with Crippen LogP contribution in [0.5, 0.6) is 0 Å². The molecule has 2 heteroatoms. The van der Waals surface area contributed by atoms with E-state index in [0.29, 0.717) is 0 Å². The number of thiophene rings is 1. The highest BCUT2D eigenvalue weighted by atomic mass is 32.1. The second-order valence-corrected chi connectivity index (χ2v) is 10.8. The monoisotopic (exact) mass is 501 g/mol. The van der Waals surface area contributed by atoms with E-state index in [0.717, 1.165) is 5.69 Å². The van der Waals surface area contributed by atoms with Gasteiger partial charge in [0.1, 0.15) is 0 Å². The lowest BCUT2D eigenvalue weighted by Gasteiger charge is -2.28. The Morgan fingerprint density at radius 2 is 1.05 bits per heavy atom. The maximum atomic E-state index is 2.46. The average molecular weight is 502 g/mol. The molecule has 0 amide bonds. The van der Waals surface area contributed by atoms with Crippen LogP contribution in [0.3, 0.4) is 0 Å². The first-order valence-corrected chi connectivity index (χ1v) is 13.8. The third-order valence-corrected chi connectivity index (χ3v) is 8.74. The third-order valence-electron chi connectivity index (χ3n) is 7.60. The van der Waals surface area contributed by atoms with Gasteiger partial charge in [-0.3, -0.25) is 0 Å². The van der Waals surface area contributed by atoms with E-state index in [1.807, 2.05) is 11.3 Å². The quantitative estimate of drug-likeness (QED) is 0.218. The van der Waals surface area contributed by atoms with Crippen molar-refractivity contribution < 1.29 is 0 Å². The molecule has 38 heavy (non-hydrogen) atoms. The van der Waals surface area contributed by atoms with Crippen molar-refractivity contribution in [1.82, 2.24) is 0 Å². The maximum absolute atomic E-state index is 2.46. The Hall–Kier alpha value is -4.66. The molecule has 1 heterocycles. The Labute approximate surface area is 224 Å². The van der Waals surface area contributed by atoms with E-state index in [1.54, 1.807) is 0 Å². The molecule has 0 saturated heterocycles. The second-order valence-electron chi connectivity index (χ2n) is 9.75. The first kappa shape index (κ1) is 21.4. The van der Waals surface area contributed by atoms with E-state index >= 15 is 0 Å². The number of para-hydroxylation sites is 1. The van der Waals surface area contributed by atoms with Crippen LogP contribution in [0.15, 0.2) is 140 Å². The van der Waals surface area contributed by atoms with Crippen molar-refractivity contribution in [3.05, 3.63) is 140 Å². The normalized spacial score (nSPS) is 11.7. The van der Waals surface area contributed by atoms with Crippen LogP contribution >= 0.6 is 11.3 Å². The molecule has 178 valence electrons. The van der Waals surface area contributed by atoms with Gasteiger partial charge in [0.15, 0.2) is 0 Å². The van der Waals surface area contributed by atoms with Crippen molar-refractivity contribution in [2.75, 3.05) is 4.90 Å². The van der Waals surface area contributed by atoms with Gasteiger partial charge < -0.3 is 4.90 Å². The van der Waals surface area contributed by atoms with E-state index in [-0.39, 0.29) is 0 Å². The summed E-state index contributed by atoms with van der Waals surface area (Å²) < 4.78 is 2.62. The highest BCUT2D eigenvalue weighted by molar-refractivity contribution is 7.26. The van der Waals surface area contributed by atoms with Gasteiger partial charge in [0, 0.05) is 31.2 Å². The summed E-state index contributed by atoms with van der Waals surface area (Å²) in [5, 5.41) is 10.3. The first-order chi connectivity index (χ1) is 18.9. The molecule has 0 fully saturated rings. The topological polar surface area (TPSA) is 3.24 Å². The lowest BCUT2D eigenvalue weighted by molar-refractivity contribution is 1.32. The molecule has 0 spiro atoms. The minimum Gasteiger partial charge on any atom is -0.309 e. The molecule has 7 aromatic carbocycles. The van der Waals surface area contributed by atoms with Crippen LogP contribution in [-0.4, -0.2) is 0 Å². The number of hydrogen-bond donors (Lipinski definition) is 0. The van der Waals surface area contributed by atoms with Crippen LogP contribution in [0.4, 0.5) is 17.1 Å². The summed E-state index contributed by atoms with van der Waals surface area (Å²) in [5.41, 5.74) is 3.55. The molecule has 0 unspecified atom stereocenters. The Kier molecular flexibility index (Phi) is 4.76. The molecule has 1 aromatic heterocycles. The van der Waals surface area contributed by atoms with Crippen LogP contribution in [0.1, 0.15) is 0 Å². The predicted octanol–water partition coefficient (Wildman–Crippen LogP) is 11.0. The van der Waals surface area contributed by atoms with Gasteiger partial charge in [0.2, 0.25) is 0 Å². The molecule has 8 aromatic rings. The molecular weight excluding hydrogens is 478 g/mol. The smallest absolute Gasteiger partial charge is 0.0555 e. The Morgan fingerprint density at radius 1 is 0.395 bits per heavy atom. The first-order valence-electron chi connectivity index (χ1n) is 13.0. The highest BCUT2D eigenvalue weighted by Crippen LogP contribution is 2.48. The predicted molar refractivity (Wildman–Crippen MR) is 167 cm³/mol. The zero-order valence-electron chi connectivity index (χ0n) is 20.6. The minimum atomic E-state index is 1.15. The van der Waals surface area contributed by atoms with Crippen LogP contribution in [-0.2, 0) is 0 Å². The SMILES string of the molecule is c1ccc(N(c2cc3ccccc3c3c2ccc2ccccc23)c2cccc3sc4ccccc4c23)cc1. The molecule has 1 nitrogen and oxygen atoms in total. The van der Waals surface area contributed by atoms with Gasteiger partial charge in [-0.2, -0.15) is 0 Å². The second kappa shape index (κ2) is 8.44. The van der Waals surface area contributed by atoms with E-state index in [4.69, 9.17) is 0 Å². The summed E-state index contributed by atoms with van der Waals surface area (Å²) in [5.74, 6) is 0. The molecule has 0 bridgehead atoms. The number of nitrogens with zero attached hydrogens (tertiary/aromatic N) is 1. The summed E-state index contributed by atoms with van der Waals surface area (Å²) in [4.78, 5) is 2.46. The van der Waals surface area contributed by atoms with Gasteiger partial charge in [-0.05, 0) is 63.3 Å². The molecule has 0 aliphatic heterocycles. The number of fused-ring (bicyclic) bond motifs is 8. The van der Waals surface area contributed by atoms with Gasteiger partial charge in [-0.15, -0.1) is 11.3 Å². The fourth-order valence-corrected chi connectivity index (χ4v) is 7.09. The van der Waals surface area contributed by atoms with E-state index in [9.17, 15) is 0 Å².